The summed E-state index contributed by atoms with van der Waals surface area (Å²) in [4.78, 5) is 12.4. The third kappa shape index (κ3) is 4.98. The van der Waals surface area contributed by atoms with E-state index < -0.39 is 0 Å². The first-order valence-electron chi connectivity index (χ1n) is 8.16. The van der Waals surface area contributed by atoms with Crippen molar-refractivity contribution in [1.82, 2.24) is 5.32 Å². The summed E-state index contributed by atoms with van der Waals surface area (Å²) in [6.45, 7) is 1.98. The van der Waals surface area contributed by atoms with Crippen molar-refractivity contribution in [2.45, 2.75) is 19.6 Å². The molecule has 2 aromatic carbocycles. The number of halogens is 3. The van der Waals surface area contributed by atoms with Crippen molar-refractivity contribution in [1.29, 1.82) is 0 Å². The second kappa shape index (κ2) is 8.70. The van der Waals surface area contributed by atoms with Crippen LogP contribution >= 0.6 is 34.8 Å². The van der Waals surface area contributed by atoms with Gasteiger partial charge in [0.2, 0.25) is 0 Å². The fraction of sp³-hybridized carbons (Fsp3) is 0.150. The lowest BCUT2D eigenvalue weighted by Crippen LogP contribution is -2.26. The molecule has 1 unspecified atom stereocenters. The van der Waals surface area contributed by atoms with Crippen molar-refractivity contribution in [2.24, 2.45) is 0 Å². The van der Waals surface area contributed by atoms with Crippen LogP contribution in [0.4, 0.5) is 0 Å². The molecule has 0 aliphatic carbocycles. The van der Waals surface area contributed by atoms with Crippen LogP contribution in [-0.4, -0.2) is 5.91 Å². The zero-order valence-corrected chi connectivity index (χ0v) is 16.6. The van der Waals surface area contributed by atoms with Crippen LogP contribution in [0, 0.1) is 0 Å². The van der Waals surface area contributed by atoms with E-state index in [-0.39, 0.29) is 24.3 Å². The largest absolute Gasteiger partial charge is 0.483 e. The fourth-order valence-corrected chi connectivity index (χ4v) is 3.41. The minimum absolute atomic E-state index is 0.0720. The molecule has 27 heavy (non-hydrogen) atoms. The quantitative estimate of drug-likeness (QED) is 0.504. The molecule has 7 heteroatoms. The van der Waals surface area contributed by atoms with Crippen molar-refractivity contribution in [2.75, 3.05) is 0 Å². The predicted octanol–water partition coefficient (Wildman–Crippen LogP) is 6.31. The summed E-state index contributed by atoms with van der Waals surface area (Å²) in [5, 5.41) is 3.91. The molecule has 0 bridgehead atoms. The molecular formula is C20H16Cl3NO3. The Labute approximate surface area is 172 Å². The highest BCUT2D eigenvalue weighted by atomic mass is 35.5. The summed E-state index contributed by atoms with van der Waals surface area (Å²) in [5.74, 6) is 0.669. The van der Waals surface area contributed by atoms with E-state index in [1.807, 2.05) is 37.3 Å². The highest BCUT2D eigenvalue weighted by Gasteiger charge is 2.16. The normalized spacial score (nSPS) is 11.9. The fourth-order valence-electron chi connectivity index (χ4n) is 2.48. The van der Waals surface area contributed by atoms with Crippen molar-refractivity contribution >= 4 is 40.7 Å². The van der Waals surface area contributed by atoms with Crippen LogP contribution in [0.5, 0.6) is 5.75 Å². The van der Waals surface area contributed by atoms with Crippen LogP contribution in [0.15, 0.2) is 59.0 Å². The smallest absolute Gasteiger partial charge is 0.287 e. The second-order valence-corrected chi connectivity index (χ2v) is 7.11. The molecule has 1 N–H and O–H groups in total. The lowest BCUT2D eigenvalue weighted by Gasteiger charge is -2.13. The van der Waals surface area contributed by atoms with E-state index in [4.69, 9.17) is 44.0 Å². The average molecular weight is 425 g/mol. The molecule has 0 aliphatic heterocycles. The van der Waals surface area contributed by atoms with Gasteiger partial charge in [-0.2, -0.15) is 0 Å². The Hall–Kier alpha value is -2.14. The van der Waals surface area contributed by atoms with Crippen LogP contribution < -0.4 is 10.1 Å². The zero-order valence-electron chi connectivity index (χ0n) is 14.3. The minimum atomic E-state index is -0.305. The molecule has 0 radical (unpaired) electrons. The number of amides is 1. The van der Waals surface area contributed by atoms with Gasteiger partial charge in [0.05, 0.1) is 16.1 Å². The van der Waals surface area contributed by atoms with Gasteiger partial charge in [-0.1, -0.05) is 65.1 Å². The first-order chi connectivity index (χ1) is 12.9. The molecule has 0 aliphatic rings. The Balaban J connectivity index is 1.62. The van der Waals surface area contributed by atoms with Gasteiger partial charge in [-0.15, -0.1) is 0 Å². The van der Waals surface area contributed by atoms with Gasteiger partial charge in [0.15, 0.2) is 11.5 Å². The zero-order chi connectivity index (χ0) is 19.4. The van der Waals surface area contributed by atoms with E-state index in [0.29, 0.717) is 26.6 Å². The molecule has 0 saturated heterocycles. The SMILES string of the molecule is CC(NC(=O)c1ccc(COc2c(Cl)cc(Cl)cc2Cl)o1)c1ccccc1. The summed E-state index contributed by atoms with van der Waals surface area (Å²) >= 11 is 18.0. The Morgan fingerprint density at radius 1 is 1.07 bits per heavy atom. The van der Waals surface area contributed by atoms with Crippen LogP contribution in [0.3, 0.4) is 0 Å². The number of rotatable bonds is 6. The summed E-state index contributed by atoms with van der Waals surface area (Å²) in [7, 11) is 0. The lowest BCUT2D eigenvalue weighted by molar-refractivity contribution is 0.0907. The van der Waals surface area contributed by atoms with E-state index in [9.17, 15) is 4.79 Å². The maximum Gasteiger partial charge on any atom is 0.287 e. The van der Waals surface area contributed by atoms with Gasteiger partial charge in [-0.25, -0.2) is 0 Å². The van der Waals surface area contributed by atoms with Gasteiger partial charge in [-0.3, -0.25) is 4.79 Å². The second-order valence-electron chi connectivity index (χ2n) is 5.86. The highest BCUT2D eigenvalue weighted by molar-refractivity contribution is 6.40. The molecule has 0 fully saturated rings. The molecule has 1 heterocycles. The Kier molecular flexibility index (Phi) is 6.32. The third-order valence-corrected chi connectivity index (χ3v) is 4.63. The molecule has 3 rings (SSSR count). The lowest BCUT2D eigenvalue weighted by atomic mass is 10.1. The minimum Gasteiger partial charge on any atom is -0.483 e. The first-order valence-corrected chi connectivity index (χ1v) is 9.29. The van der Waals surface area contributed by atoms with Crippen LogP contribution in [0.25, 0.3) is 0 Å². The number of carbonyl (C=O) groups excluding carboxylic acids is 1. The van der Waals surface area contributed by atoms with Crippen molar-refractivity contribution < 1.29 is 13.9 Å². The van der Waals surface area contributed by atoms with E-state index >= 15 is 0 Å². The van der Waals surface area contributed by atoms with Gasteiger partial charge in [0.1, 0.15) is 12.4 Å². The Morgan fingerprint density at radius 2 is 1.74 bits per heavy atom. The molecule has 1 atom stereocenters. The van der Waals surface area contributed by atoms with Crippen LogP contribution in [-0.2, 0) is 6.61 Å². The highest BCUT2D eigenvalue weighted by Crippen LogP contribution is 2.36. The topological polar surface area (TPSA) is 51.5 Å². The Bertz CT molecular complexity index is 918. The molecule has 1 aromatic heterocycles. The summed E-state index contributed by atoms with van der Waals surface area (Å²) in [5.41, 5.74) is 1.01. The molecule has 0 spiro atoms. The maximum absolute atomic E-state index is 12.4. The predicted molar refractivity (Wildman–Crippen MR) is 107 cm³/mol. The monoisotopic (exact) mass is 423 g/mol. The Morgan fingerprint density at radius 3 is 2.41 bits per heavy atom. The van der Waals surface area contributed by atoms with Gasteiger partial charge in [-0.05, 0) is 36.8 Å². The average Bonchev–Trinajstić information content (AvgIpc) is 3.10. The number of ether oxygens (including phenoxy) is 1. The molecule has 4 nitrogen and oxygen atoms in total. The molecule has 3 aromatic rings. The van der Waals surface area contributed by atoms with Crippen LogP contribution in [0.2, 0.25) is 15.1 Å². The third-order valence-electron chi connectivity index (χ3n) is 3.85. The van der Waals surface area contributed by atoms with E-state index in [0.717, 1.165) is 5.56 Å². The molecule has 1 amide bonds. The van der Waals surface area contributed by atoms with Crippen LogP contribution in [0.1, 0.15) is 34.8 Å². The molecule has 0 saturated carbocycles. The van der Waals surface area contributed by atoms with Crippen molar-refractivity contribution in [3.63, 3.8) is 0 Å². The van der Waals surface area contributed by atoms with Crippen molar-refractivity contribution in [3.05, 3.63) is 86.7 Å². The number of benzene rings is 2. The summed E-state index contributed by atoms with van der Waals surface area (Å²) < 4.78 is 11.2. The van der Waals surface area contributed by atoms with Gasteiger partial charge < -0.3 is 14.5 Å². The van der Waals surface area contributed by atoms with E-state index in [2.05, 4.69) is 5.32 Å². The van der Waals surface area contributed by atoms with Crippen molar-refractivity contribution in [3.8, 4) is 5.75 Å². The maximum atomic E-state index is 12.4. The number of nitrogens with one attached hydrogen (secondary N) is 1. The first kappa shape index (κ1) is 19.6. The van der Waals surface area contributed by atoms with Gasteiger partial charge in [0, 0.05) is 5.02 Å². The molecule has 140 valence electrons. The number of hydrogen-bond acceptors (Lipinski definition) is 3. The number of furan rings is 1. The van der Waals surface area contributed by atoms with E-state index in [1.165, 1.54) is 12.1 Å². The summed E-state index contributed by atoms with van der Waals surface area (Å²) in [6, 6.07) is 15.9. The van der Waals surface area contributed by atoms with Gasteiger partial charge >= 0.3 is 0 Å². The molecular weight excluding hydrogens is 409 g/mol. The number of hydrogen-bond donors (Lipinski definition) is 1. The number of carbonyl (C=O) groups is 1. The standard InChI is InChI=1S/C20H16Cl3NO3/c1-12(13-5-3-2-4-6-13)24-20(25)18-8-7-15(27-18)11-26-19-16(22)9-14(21)10-17(19)23/h2-10,12H,11H2,1H3,(H,24,25). The summed E-state index contributed by atoms with van der Waals surface area (Å²) in [6.07, 6.45) is 0. The van der Waals surface area contributed by atoms with Gasteiger partial charge in [0.25, 0.3) is 5.91 Å². The van der Waals surface area contributed by atoms with E-state index in [1.54, 1.807) is 12.1 Å².